The fraction of sp³-hybridized carbons (Fsp3) is 0.397. The smallest absolute Gasteiger partial charge is 0.273 e. The lowest BCUT2D eigenvalue weighted by atomic mass is 9.92. The van der Waals surface area contributed by atoms with E-state index in [9.17, 15) is 9.28 Å². The fourth-order valence-electron chi connectivity index (χ4n) is 6.28. The van der Waals surface area contributed by atoms with Crippen LogP contribution in [0.25, 0.3) is 0 Å². The van der Waals surface area contributed by atoms with Crippen molar-refractivity contribution in [2.75, 3.05) is 17.2 Å². The summed E-state index contributed by atoms with van der Waals surface area (Å²) in [5, 5.41) is 13.9. The molecule has 4 aromatic rings. The Morgan fingerprint density at radius 3 is 1.84 bits per heavy atom. The second-order valence-corrected chi connectivity index (χ2v) is 22.8. The monoisotopic (exact) mass is 1110 g/mol. The Hall–Kier alpha value is -7.11. The summed E-state index contributed by atoms with van der Waals surface area (Å²) >= 11 is 5.63. The number of hydrogen-bond acceptors (Lipinski definition) is 7. The van der Waals surface area contributed by atoms with E-state index >= 15 is 0 Å². The standard InChI is InChI=1S/C23H33N5O2.C20H25N.C9H19N.C8H7ClFN.C6H8.C2H6/c1-15(22(3,4)5)30-27-16(2)24-17-10-12-18(13-11-17)25-21(29)19-14-20(23(6,7)8)26-28(19)9;1-6-8-9-19(7-2)15-17(4)14-18(5)21-20-12-10-16(3)11-13-20;1-8(2)10-7-6-9(3,4)5;1-6(11-10)7-2-4-8(9)5-3-7;1-2-4-6-5-3-1;1-2/h10-14H,1H2,2-9H3,(H,24,27)(H,25,29);6-13,15,19,21H,1-2,5,14H2,3-4H3;6-7H2,1-5H3;2-5H,1H3;1-4H,5-6H2;1-2H3/b;9-8?,17-15-;;11-6+;;. The van der Waals surface area contributed by atoms with Crippen LogP contribution in [0.4, 0.5) is 21.5 Å². The average molecular weight is 1110 g/mol. The Labute approximate surface area is 488 Å². The van der Waals surface area contributed by atoms with Crippen molar-refractivity contribution < 1.29 is 14.1 Å². The molecular weight excluding hydrogens is 1020 g/mol. The van der Waals surface area contributed by atoms with Gasteiger partial charge >= 0.3 is 0 Å². The molecule has 436 valence electrons. The predicted octanol–water partition coefficient (Wildman–Crippen LogP) is 19.8. The minimum atomic E-state index is -0.205. The van der Waals surface area contributed by atoms with E-state index in [0.717, 1.165) is 41.3 Å². The first-order valence-electron chi connectivity index (χ1n) is 27.4. The first-order chi connectivity index (χ1) is 37.5. The number of hydroxylamine groups is 1. The summed E-state index contributed by atoms with van der Waals surface area (Å²) in [6.07, 6.45) is 22.9. The van der Waals surface area contributed by atoms with Gasteiger partial charge in [0.05, 0.1) is 17.1 Å². The van der Waals surface area contributed by atoms with E-state index in [1.54, 1.807) is 68.1 Å². The summed E-state index contributed by atoms with van der Waals surface area (Å²) in [4.78, 5) is 26.9. The number of amidine groups is 1. The van der Waals surface area contributed by atoms with E-state index in [1.165, 1.54) is 36.1 Å². The second kappa shape index (κ2) is 38.5. The van der Waals surface area contributed by atoms with Crippen LogP contribution in [0.1, 0.15) is 164 Å². The number of anilines is 2. The number of halogens is 2. The molecule has 0 saturated heterocycles. The Kier molecular flexibility index (Phi) is 35.1. The average Bonchev–Trinajstić information content (AvgIpc) is 3.81. The quantitative estimate of drug-likeness (QED) is 0.0258. The molecule has 0 bridgehead atoms. The van der Waals surface area contributed by atoms with Crippen LogP contribution in [0, 0.1) is 23.7 Å². The van der Waals surface area contributed by atoms with Gasteiger partial charge in [-0.15, -0.1) is 6.58 Å². The third-order valence-corrected chi connectivity index (χ3v) is 11.4. The number of carbonyl (C=O) groups excluding carboxylic acids is 1. The van der Waals surface area contributed by atoms with E-state index in [-0.39, 0.29) is 22.7 Å². The van der Waals surface area contributed by atoms with Gasteiger partial charge < -0.3 is 15.5 Å². The van der Waals surface area contributed by atoms with Crippen LogP contribution in [0.15, 0.2) is 192 Å². The maximum atomic E-state index is 12.6. The van der Waals surface area contributed by atoms with Gasteiger partial charge in [-0.05, 0) is 126 Å². The number of carbonyl (C=O) groups is 1. The molecule has 5 rings (SSSR count). The van der Waals surface area contributed by atoms with Crippen molar-refractivity contribution in [1.29, 1.82) is 0 Å². The van der Waals surface area contributed by atoms with Gasteiger partial charge in [-0.2, -0.15) is 5.10 Å². The van der Waals surface area contributed by atoms with E-state index in [4.69, 9.17) is 16.4 Å². The Morgan fingerprint density at radius 2 is 1.39 bits per heavy atom. The van der Waals surface area contributed by atoms with E-state index in [2.05, 4.69) is 179 Å². The van der Waals surface area contributed by atoms with Gasteiger partial charge in [-0.25, -0.2) is 10.5 Å². The molecule has 1 heterocycles. The van der Waals surface area contributed by atoms with Crippen LogP contribution in [-0.2, 0) is 17.3 Å². The molecule has 10 nitrogen and oxygen atoms in total. The molecule has 0 spiro atoms. The van der Waals surface area contributed by atoms with Crippen molar-refractivity contribution in [2.45, 2.75) is 149 Å². The van der Waals surface area contributed by atoms with Crippen molar-refractivity contribution in [3.63, 3.8) is 0 Å². The highest BCUT2D eigenvalue weighted by Crippen LogP contribution is 2.25. The maximum absolute atomic E-state index is 12.6. The number of benzene rings is 3. The molecule has 3 aromatic carbocycles. The van der Waals surface area contributed by atoms with Crippen LogP contribution in [0.2, 0.25) is 5.02 Å². The highest BCUT2D eigenvalue weighted by Gasteiger charge is 2.22. The lowest BCUT2D eigenvalue weighted by Gasteiger charge is -2.21. The van der Waals surface area contributed by atoms with Crippen LogP contribution in [0.5, 0.6) is 0 Å². The molecule has 1 amide bonds. The summed E-state index contributed by atoms with van der Waals surface area (Å²) in [6, 6.07) is 24.2. The van der Waals surface area contributed by atoms with Crippen molar-refractivity contribution in [2.24, 2.45) is 39.0 Å². The predicted molar refractivity (Wildman–Crippen MR) is 349 cm³/mol. The van der Waals surface area contributed by atoms with Gasteiger partial charge in [0.25, 0.3) is 5.91 Å². The van der Waals surface area contributed by atoms with Gasteiger partial charge in [0, 0.05) is 64.6 Å². The lowest BCUT2D eigenvalue weighted by Crippen LogP contribution is -2.24. The lowest BCUT2D eigenvalue weighted by molar-refractivity contribution is 0.101. The SMILES string of the molecule is C/C(=N\F)c1ccc(Cl)cc1.C1=CCCC=C1.C=C(ONC(C)=Nc1ccc(NC(=O)c2cc(C(C)(C)C)nn2C)cc1)C(C)(C)C.C=CC=CC(C=C)/C=C(/C)CC(=C)Nc1ccc(C)cc1.CC.CC(C)=NCCC(C)(C)C. The number of nitrogens with zero attached hydrogens (tertiary/aromatic N) is 5. The van der Waals surface area contributed by atoms with Gasteiger partial charge in [-0.1, -0.05) is 207 Å². The molecule has 80 heavy (non-hydrogen) atoms. The van der Waals surface area contributed by atoms with Crippen LogP contribution in [-0.4, -0.2) is 39.5 Å². The van der Waals surface area contributed by atoms with Crippen LogP contribution >= 0.6 is 11.6 Å². The Bertz CT molecular complexity index is 2700. The van der Waals surface area contributed by atoms with Gasteiger partial charge in [0.15, 0.2) is 0 Å². The largest absolute Gasteiger partial charge is 0.386 e. The second-order valence-electron chi connectivity index (χ2n) is 22.3. The normalized spacial score (nSPS) is 12.6. The fourth-order valence-corrected chi connectivity index (χ4v) is 6.41. The zero-order chi connectivity index (χ0) is 61.1. The molecule has 1 aliphatic carbocycles. The topological polar surface area (TPSA) is 117 Å². The van der Waals surface area contributed by atoms with Gasteiger partial charge in [0.2, 0.25) is 0 Å². The number of aromatic nitrogens is 2. The van der Waals surface area contributed by atoms with Crippen LogP contribution < -0.4 is 16.1 Å². The Morgan fingerprint density at radius 1 is 0.838 bits per heavy atom. The molecule has 0 saturated carbocycles. The van der Waals surface area contributed by atoms with E-state index < -0.39 is 0 Å². The van der Waals surface area contributed by atoms with Crippen molar-refractivity contribution in [3.8, 4) is 0 Å². The minimum Gasteiger partial charge on any atom is -0.386 e. The minimum absolute atomic E-state index is 0.120. The molecule has 12 heteroatoms. The zero-order valence-corrected chi connectivity index (χ0v) is 52.7. The number of rotatable bonds is 16. The molecule has 0 radical (unpaired) electrons. The first-order valence-corrected chi connectivity index (χ1v) is 27.8. The van der Waals surface area contributed by atoms with Crippen LogP contribution in [0.3, 0.4) is 0 Å². The van der Waals surface area contributed by atoms with Crippen molar-refractivity contribution in [1.82, 2.24) is 15.3 Å². The molecular formula is C68H98ClFN8O2. The summed E-state index contributed by atoms with van der Waals surface area (Å²) < 4.78 is 13.3. The number of aryl methyl sites for hydroxylation is 2. The third-order valence-electron chi connectivity index (χ3n) is 11.1. The summed E-state index contributed by atoms with van der Waals surface area (Å²) in [5.74, 6) is 1.25. The highest BCUT2D eigenvalue weighted by molar-refractivity contribution is 6.30. The molecule has 1 aliphatic rings. The van der Waals surface area contributed by atoms with Gasteiger partial charge in [-0.3, -0.25) is 14.5 Å². The van der Waals surface area contributed by atoms with Gasteiger partial charge in [0.1, 0.15) is 17.3 Å². The molecule has 1 aromatic heterocycles. The number of aliphatic imine (C=N–C) groups is 2. The van der Waals surface area contributed by atoms with Crippen molar-refractivity contribution >= 4 is 51.8 Å². The zero-order valence-electron chi connectivity index (χ0n) is 52.0. The summed E-state index contributed by atoms with van der Waals surface area (Å²) in [6.45, 7) is 51.2. The molecule has 1 unspecified atom stereocenters. The number of hydrogen-bond donors (Lipinski definition) is 3. The summed E-state index contributed by atoms with van der Waals surface area (Å²) in [5.41, 5.74) is 12.6. The summed E-state index contributed by atoms with van der Waals surface area (Å²) in [7, 11) is 1.77. The van der Waals surface area contributed by atoms with E-state index in [1.807, 2.05) is 78.8 Å². The number of nitrogens with one attached hydrogen (secondary N) is 3. The Balaban J connectivity index is 0.00000107. The third kappa shape index (κ3) is 34.0. The van der Waals surface area contributed by atoms with Crippen molar-refractivity contribution in [3.05, 3.63) is 204 Å². The number of amides is 1. The van der Waals surface area contributed by atoms with E-state index in [0.29, 0.717) is 39.1 Å². The first kappa shape index (κ1) is 72.9. The molecule has 0 fully saturated rings. The number of allylic oxidation sites excluding steroid dienone is 11. The highest BCUT2D eigenvalue weighted by atomic mass is 35.5. The molecule has 0 aliphatic heterocycles. The maximum Gasteiger partial charge on any atom is 0.273 e. The molecule has 1 atom stereocenters. The molecule has 3 N–H and O–H groups in total.